The summed E-state index contributed by atoms with van der Waals surface area (Å²) in [4.78, 5) is 35.9. The summed E-state index contributed by atoms with van der Waals surface area (Å²) in [5.74, 6) is -0.0468. The number of rotatable bonds is 9. The van der Waals surface area contributed by atoms with Gasteiger partial charge in [-0.2, -0.15) is 0 Å². The van der Waals surface area contributed by atoms with Crippen LogP contribution in [0.1, 0.15) is 34.8 Å². The van der Waals surface area contributed by atoms with E-state index in [0.29, 0.717) is 41.4 Å². The zero-order chi connectivity index (χ0) is 24.3. The summed E-state index contributed by atoms with van der Waals surface area (Å²) >= 11 is 5.87. The van der Waals surface area contributed by atoms with E-state index in [1.165, 1.54) is 12.1 Å². The van der Waals surface area contributed by atoms with E-state index in [9.17, 15) is 14.4 Å². The molecule has 0 aliphatic carbocycles. The second-order valence-corrected chi connectivity index (χ2v) is 7.80. The Morgan fingerprint density at radius 1 is 0.853 bits per heavy atom. The number of carbonyl (C=O) groups is 3. The van der Waals surface area contributed by atoms with Crippen molar-refractivity contribution in [3.05, 3.63) is 94.5 Å². The fourth-order valence-electron chi connectivity index (χ4n) is 3.04. The topological polar surface area (TPSA) is 93.7 Å². The molecule has 34 heavy (non-hydrogen) atoms. The van der Waals surface area contributed by atoms with Crippen molar-refractivity contribution in [3.63, 3.8) is 0 Å². The van der Waals surface area contributed by atoms with Crippen LogP contribution in [0.15, 0.2) is 72.8 Å². The molecule has 0 aliphatic rings. The number of carbonyl (C=O) groups excluding carboxylic acids is 3. The second-order valence-electron chi connectivity index (χ2n) is 7.36. The number of benzene rings is 3. The van der Waals surface area contributed by atoms with Crippen molar-refractivity contribution in [2.45, 2.75) is 26.3 Å². The first kappa shape index (κ1) is 24.8. The lowest BCUT2D eigenvalue weighted by molar-refractivity contribution is -0.116. The molecule has 0 saturated carbocycles. The Balaban J connectivity index is 1.43. The summed E-state index contributed by atoms with van der Waals surface area (Å²) in [6.07, 6.45) is 0.201. The fraction of sp³-hybridized carbons (Fsp3) is 0.192. The Kier molecular flexibility index (Phi) is 9.05. The molecular weight excluding hydrogens is 456 g/mol. The molecule has 0 radical (unpaired) electrons. The largest absolute Gasteiger partial charge is 0.513 e. The van der Waals surface area contributed by atoms with Crippen molar-refractivity contribution in [1.29, 1.82) is 0 Å². The van der Waals surface area contributed by atoms with Gasteiger partial charge in [0.25, 0.3) is 5.91 Å². The van der Waals surface area contributed by atoms with Gasteiger partial charge < -0.3 is 20.1 Å². The number of nitrogens with one attached hydrogen (secondary N) is 2. The first-order chi connectivity index (χ1) is 16.4. The van der Waals surface area contributed by atoms with E-state index in [2.05, 4.69) is 10.6 Å². The molecular formula is C26H25ClN2O5. The lowest BCUT2D eigenvalue weighted by Crippen LogP contribution is -2.22. The molecule has 0 unspecified atom stereocenters. The van der Waals surface area contributed by atoms with Gasteiger partial charge in [-0.25, -0.2) is 4.79 Å². The van der Waals surface area contributed by atoms with Crippen molar-refractivity contribution >= 4 is 35.3 Å². The van der Waals surface area contributed by atoms with Crippen molar-refractivity contribution in [3.8, 4) is 5.75 Å². The maximum Gasteiger partial charge on any atom is 0.513 e. The minimum atomic E-state index is -0.791. The van der Waals surface area contributed by atoms with Crippen LogP contribution in [-0.2, 0) is 22.5 Å². The molecule has 0 spiro atoms. The van der Waals surface area contributed by atoms with Gasteiger partial charge in [0.15, 0.2) is 0 Å². The third kappa shape index (κ3) is 7.94. The predicted octanol–water partition coefficient (Wildman–Crippen LogP) is 5.38. The van der Waals surface area contributed by atoms with Crippen LogP contribution in [0.5, 0.6) is 5.75 Å². The molecule has 3 aromatic carbocycles. The molecule has 7 nitrogen and oxygen atoms in total. The molecule has 3 rings (SSSR count). The van der Waals surface area contributed by atoms with Gasteiger partial charge in [-0.1, -0.05) is 35.9 Å². The third-order valence-corrected chi connectivity index (χ3v) is 5.08. The third-order valence-electron chi connectivity index (χ3n) is 4.82. The maximum atomic E-state index is 12.4. The molecule has 0 heterocycles. The van der Waals surface area contributed by atoms with Crippen molar-refractivity contribution in [2.75, 3.05) is 11.9 Å². The SMILES string of the molecule is CCOC(=O)Oc1ccc(C(=O)NCc2ccc(NC(=O)CCc3ccc(Cl)cc3)cc2)cc1. The van der Waals surface area contributed by atoms with Gasteiger partial charge in [-0.05, 0) is 73.0 Å². The minimum Gasteiger partial charge on any atom is -0.434 e. The molecule has 0 bridgehead atoms. The summed E-state index contributed by atoms with van der Waals surface area (Å²) in [6, 6.07) is 20.9. The van der Waals surface area contributed by atoms with E-state index in [-0.39, 0.29) is 18.4 Å². The normalized spacial score (nSPS) is 10.3. The minimum absolute atomic E-state index is 0.0774. The van der Waals surface area contributed by atoms with Crippen LogP contribution in [-0.4, -0.2) is 24.6 Å². The average molecular weight is 481 g/mol. The van der Waals surface area contributed by atoms with E-state index in [1.54, 1.807) is 31.2 Å². The molecule has 0 aliphatic heterocycles. The molecule has 3 aromatic rings. The Bertz CT molecular complexity index is 1110. The maximum absolute atomic E-state index is 12.4. The van der Waals surface area contributed by atoms with E-state index < -0.39 is 6.16 Å². The zero-order valence-electron chi connectivity index (χ0n) is 18.7. The summed E-state index contributed by atoms with van der Waals surface area (Å²) in [7, 11) is 0. The molecule has 2 amide bonds. The highest BCUT2D eigenvalue weighted by molar-refractivity contribution is 6.30. The van der Waals surface area contributed by atoms with E-state index in [1.807, 2.05) is 36.4 Å². The van der Waals surface area contributed by atoms with Gasteiger partial charge in [-0.3, -0.25) is 9.59 Å². The van der Waals surface area contributed by atoms with Gasteiger partial charge in [0.1, 0.15) is 5.75 Å². The lowest BCUT2D eigenvalue weighted by Gasteiger charge is -2.09. The van der Waals surface area contributed by atoms with Crippen LogP contribution in [0.4, 0.5) is 10.5 Å². The summed E-state index contributed by atoms with van der Waals surface area (Å²) in [5, 5.41) is 6.37. The number of aryl methyl sites for hydroxylation is 1. The number of halogens is 1. The zero-order valence-corrected chi connectivity index (χ0v) is 19.4. The number of anilines is 1. The number of ether oxygens (including phenoxy) is 2. The van der Waals surface area contributed by atoms with Gasteiger partial charge in [-0.15, -0.1) is 0 Å². The van der Waals surface area contributed by atoms with E-state index in [0.717, 1.165) is 11.1 Å². The highest BCUT2D eigenvalue weighted by Crippen LogP contribution is 2.15. The van der Waals surface area contributed by atoms with Crippen LogP contribution in [0.25, 0.3) is 0 Å². The number of amides is 2. The molecule has 8 heteroatoms. The molecule has 2 N–H and O–H groups in total. The Labute approximate surface area is 203 Å². The van der Waals surface area contributed by atoms with E-state index in [4.69, 9.17) is 21.1 Å². The number of hydrogen-bond acceptors (Lipinski definition) is 5. The summed E-state index contributed by atoms with van der Waals surface area (Å²) in [6.45, 7) is 2.23. The average Bonchev–Trinajstić information content (AvgIpc) is 2.83. The van der Waals surface area contributed by atoms with Crippen molar-refractivity contribution in [1.82, 2.24) is 5.32 Å². The molecule has 0 fully saturated rings. The molecule has 0 saturated heterocycles. The van der Waals surface area contributed by atoms with E-state index >= 15 is 0 Å². The predicted molar refractivity (Wildman–Crippen MR) is 130 cm³/mol. The van der Waals surface area contributed by atoms with Gasteiger partial charge >= 0.3 is 6.16 Å². The summed E-state index contributed by atoms with van der Waals surface area (Å²) < 4.78 is 9.68. The van der Waals surface area contributed by atoms with Crippen molar-refractivity contribution in [2.24, 2.45) is 0 Å². The second kappa shape index (κ2) is 12.4. The lowest BCUT2D eigenvalue weighted by atomic mass is 10.1. The quantitative estimate of drug-likeness (QED) is 0.317. The van der Waals surface area contributed by atoms with Crippen LogP contribution < -0.4 is 15.4 Å². The Morgan fingerprint density at radius 2 is 1.50 bits per heavy atom. The van der Waals surface area contributed by atoms with Gasteiger partial charge in [0.2, 0.25) is 5.91 Å². The Hall–Kier alpha value is -3.84. The fourth-order valence-corrected chi connectivity index (χ4v) is 3.17. The monoisotopic (exact) mass is 480 g/mol. The Morgan fingerprint density at radius 3 is 2.15 bits per heavy atom. The number of hydrogen-bond donors (Lipinski definition) is 2. The first-order valence-corrected chi connectivity index (χ1v) is 11.2. The van der Waals surface area contributed by atoms with Crippen molar-refractivity contribution < 1.29 is 23.9 Å². The van der Waals surface area contributed by atoms with Gasteiger partial charge in [0, 0.05) is 29.2 Å². The molecule has 176 valence electrons. The van der Waals surface area contributed by atoms with Gasteiger partial charge in [0.05, 0.1) is 6.61 Å². The van der Waals surface area contributed by atoms with Crippen LogP contribution in [0.2, 0.25) is 5.02 Å². The first-order valence-electron chi connectivity index (χ1n) is 10.8. The standard InChI is InChI=1S/C26H25ClN2O5/c1-2-33-26(32)34-23-14-8-20(9-15-23)25(31)28-17-19-5-12-22(13-6-19)29-24(30)16-7-18-3-10-21(27)11-4-18/h3-6,8-15H,2,7,16-17H2,1H3,(H,28,31)(H,29,30). The summed E-state index contributed by atoms with van der Waals surface area (Å²) in [5.41, 5.74) is 3.05. The molecule has 0 aromatic heterocycles. The highest BCUT2D eigenvalue weighted by Gasteiger charge is 2.09. The van der Waals surface area contributed by atoms with Crippen LogP contribution in [0.3, 0.4) is 0 Å². The highest BCUT2D eigenvalue weighted by atomic mass is 35.5. The molecule has 0 atom stereocenters. The van der Waals surface area contributed by atoms with Crippen LogP contribution in [0, 0.1) is 0 Å². The smallest absolute Gasteiger partial charge is 0.434 e. The van der Waals surface area contributed by atoms with Crippen LogP contribution >= 0.6 is 11.6 Å².